The monoisotopic (exact) mass is 972 g/mol. The van der Waals surface area contributed by atoms with Gasteiger partial charge in [-0.15, -0.1) is 0 Å². The predicted molar refractivity (Wildman–Crippen MR) is 268 cm³/mol. The van der Waals surface area contributed by atoms with Crippen molar-refractivity contribution in [2.75, 3.05) is 19.8 Å². The number of hydrogen-bond acceptors (Lipinski definition) is 13. The first-order valence-electron chi connectivity index (χ1n) is 27.6. The molecule has 0 aromatic carbocycles. The Morgan fingerprint density at radius 1 is 0.515 bits per heavy atom. The molecule has 2 rings (SSSR count). The first-order chi connectivity index (χ1) is 33.1. The van der Waals surface area contributed by atoms with Gasteiger partial charge in [0.15, 0.2) is 12.6 Å². The van der Waals surface area contributed by atoms with Gasteiger partial charge in [0.05, 0.1) is 32.0 Å². The molecule has 2 heterocycles. The molecule has 0 radical (unpaired) electrons. The van der Waals surface area contributed by atoms with E-state index in [0.29, 0.717) is 6.42 Å². The van der Waals surface area contributed by atoms with Gasteiger partial charge in [0.1, 0.15) is 48.8 Å². The van der Waals surface area contributed by atoms with Crippen LogP contribution in [0.4, 0.5) is 0 Å². The molecule has 12 atom stereocenters. The number of rotatable bonds is 43. The minimum Gasteiger partial charge on any atom is -0.394 e. The molecule has 2 aliphatic heterocycles. The van der Waals surface area contributed by atoms with Crippen LogP contribution in [0.25, 0.3) is 0 Å². The van der Waals surface area contributed by atoms with Gasteiger partial charge in [-0.05, 0) is 38.5 Å². The van der Waals surface area contributed by atoms with Crippen molar-refractivity contribution in [3.05, 3.63) is 24.3 Å². The van der Waals surface area contributed by atoms with E-state index in [1.165, 1.54) is 135 Å². The minimum atomic E-state index is -1.79. The molecule has 0 bridgehead atoms. The number of aliphatic hydroxyl groups is 8. The van der Waals surface area contributed by atoms with Gasteiger partial charge in [0.2, 0.25) is 5.91 Å². The van der Waals surface area contributed by atoms with E-state index in [1.54, 1.807) is 6.08 Å². The van der Waals surface area contributed by atoms with Crippen LogP contribution in [-0.4, -0.2) is 140 Å². The summed E-state index contributed by atoms with van der Waals surface area (Å²) in [5.74, 6) is -0.249. The van der Waals surface area contributed by atoms with Crippen molar-refractivity contribution >= 4 is 5.91 Å². The Bertz CT molecular complexity index is 1240. The average Bonchev–Trinajstić information content (AvgIpc) is 3.34. The largest absolute Gasteiger partial charge is 0.394 e. The topological polar surface area (TPSA) is 228 Å². The number of allylic oxidation sites excluding steroid dienone is 3. The molecule has 0 aromatic rings. The standard InChI is InChI=1S/C54H101NO13/c1-3-5-7-9-11-13-15-16-17-18-19-20-21-22-23-24-25-26-28-29-31-33-35-37-43(58)42(55-46(59)38-36-34-32-30-27-14-12-10-8-6-4-2)41-65-53-51(64)49(62)52(45(40-57)67-53)68-54-50(63)48(61)47(60)44(39-56)66-54/h10,12,35,37,42-45,47-54,56-58,60-64H,3-9,11,13-34,36,38-41H2,1-2H3,(H,55,59)/b12-10-,37-35+. The summed E-state index contributed by atoms with van der Waals surface area (Å²) in [5, 5.41) is 86.8. The molecular weight excluding hydrogens is 871 g/mol. The summed E-state index contributed by atoms with van der Waals surface area (Å²) in [6.45, 7) is 2.75. The summed E-state index contributed by atoms with van der Waals surface area (Å²) >= 11 is 0. The van der Waals surface area contributed by atoms with Crippen molar-refractivity contribution in [2.24, 2.45) is 0 Å². The number of aliphatic hydroxyl groups excluding tert-OH is 8. The van der Waals surface area contributed by atoms with Crippen LogP contribution in [0, 0.1) is 0 Å². The summed E-state index contributed by atoms with van der Waals surface area (Å²) in [4.78, 5) is 13.1. The van der Waals surface area contributed by atoms with Gasteiger partial charge in [-0.25, -0.2) is 0 Å². The number of carbonyl (C=O) groups is 1. The fourth-order valence-electron chi connectivity index (χ4n) is 9.10. The van der Waals surface area contributed by atoms with Gasteiger partial charge < -0.3 is 65.1 Å². The first kappa shape index (κ1) is 62.6. The van der Waals surface area contributed by atoms with Crippen molar-refractivity contribution in [3.8, 4) is 0 Å². The molecule has 0 saturated carbocycles. The Morgan fingerprint density at radius 2 is 0.941 bits per heavy atom. The molecule has 0 aromatic heterocycles. The van der Waals surface area contributed by atoms with E-state index in [0.717, 1.165) is 57.8 Å². The molecule has 2 fully saturated rings. The van der Waals surface area contributed by atoms with Crippen LogP contribution in [0.3, 0.4) is 0 Å². The maximum Gasteiger partial charge on any atom is 0.220 e. The second kappa shape index (κ2) is 41.0. The molecular formula is C54H101NO13. The molecule has 68 heavy (non-hydrogen) atoms. The Labute approximate surface area is 411 Å². The van der Waals surface area contributed by atoms with E-state index in [9.17, 15) is 45.6 Å². The van der Waals surface area contributed by atoms with Crippen molar-refractivity contribution in [3.63, 3.8) is 0 Å². The molecule has 2 saturated heterocycles. The van der Waals surface area contributed by atoms with Crippen LogP contribution in [0.15, 0.2) is 24.3 Å². The van der Waals surface area contributed by atoms with Crippen LogP contribution < -0.4 is 5.32 Å². The molecule has 400 valence electrons. The molecule has 12 unspecified atom stereocenters. The van der Waals surface area contributed by atoms with Gasteiger partial charge in [-0.3, -0.25) is 4.79 Å². The fraction of sp³-hybridized carbons (Fsp3) is 0.907. The zero-order valence-corrected chi connectivity index (χ0v) is 42.6. The lowest BCUT2D eigenvalue weighted by molar-refractivity contribution is -0.359. The Morgan fingerprint density at radius 3 is 1.44 bits per heavy atom. The van der Waals surface area contributed by atoms with Crippen LogP contribution in [-0.2, 0) is 23.7 Å². The van der Waals surface area contributed by atoms with E-state index >= 15 is 0 Å². The van der Waals surface area contributed by atoms with Gasteiger partial charge in [-0.2, -0.15) is 0 Å². The SMILES string of the molecule is CCCC/C=C\CCCCCCCC(=O)NC(COC1OC(CO)C(OC2OC(CO)C(O)C(O)C2O)C(O)C1O)C(O)/C=C/CCCCCCCCCCCCCCCCCCCCCCC. The fourth-order valence-corrected chi connectivity index (χ4v) is 9.10. The van der Waals surface area contributed by atoms with Crippen molar-refractivity contribution in [2.45, 2.75) is 293 Å². The van der Waals surface area contributed by atoms with E-state index < -0.39 is 86.8 Å². The molecule has 14 nitrogen and oxygen atoms in total. The Hall–Kier alpha value is -1.53. The molecule has 0 spiro atoms. The lowest BCUT2D eigenvalue weighted by atomic mass is 9.97. The van der Waals surface area contributed by atoms with Crippen LogP contribution in [0.2, 0.25) is 0 Å². The maximum atomic E-state index is 13.1. The third-order valence-corrected chi connectivity index (χ3v) is 13.6. The van der Waals surface area contributed by atoms with Crippen molar-refractivity contribution in [1.82, 2.24) is 5.32 Å². The summed E-state index contributed by atoms with van der Waals surface area (Å²) in [7, 11) is 0. The normalized spacial score (nSPS) is 26.5. The smallest absolute Gasteiger partial charge is 0.220 e. The Kier molecular flexibility index (Phi) is 37.7. The number of ether oxygens (including phenoxy) is 4. The van der Waals surface area contributed by atoms with Gasteiger partial charge >= 0.3 is 0 Å². The average molecular weight is 972 g/mol. The van der Waals surface area contributed by atoms with E-state index in [-0.39, 0.29) is 18.9 Å². The lowest BCUT2D eigenvalue weighted by Crippen LogP contribution is -2.65. The van der Waals surface area contributed by atoms with Crippen molar-refractivity contribution < 1.29 is 64.6 Å². The summed E-state index contributed by atoms with van der Waals surface area (Å²) in [5.41, 5.74) is 0. The van der Waals surface area contributed by atoms with E-state index in [4.69, 9.17) is 18.9 Å². The molecule has 14 heteroatoms. The number of hydrogen-bond donors (Lipinski definition) is 9. The third-order valence-electron chi connectivity index (χ3n) is 13.6. The zero-order chi connectivity index (χ0) is 49.6. The second-order valence-electron chi connectivity index (χ2n) is 19.7. The highest BCUT2D eigenvalue weighted by atomic mass is 16.7. The Balaban J connectivity index is 1.77. The highest BCUT2D eigenvalue weighted by Gasteiger charge is 2.51. The van der Waals surface area contributed by atoms with E-state index in [2.05, 4.69) is 31.3 Å². The molecule has 9 N–H and O–H groups in total. The number of amides is 1. The minimum absolute atomic E-state index is 0.249. The zero-order valence-electron chi connectivity index (χ0n) is 42.6. The highest BCUT2D eigenvalue weighted by Crippen LogP contribution is 2.30. The van der Waals surface area contributed by atoms with Crippen LogP contribution in [0.1, 0.15) is 219 Å². The lowest BCUT2D eigenvalue weighted by Gasteiger charge is -2.46. The van der Waals surface area contributed by atoms with Gasteiger partial charge in [-0.1, -0.05) is 199 Å². The number of carbonyl (C=O) groups excluding carboxylic acids is 1. The van der Waals surface area contributed by atoms with Crippen LogP contribution >= 0.6 is 0 Å². The summed E-state index contributed by atoms with van der Waals surface area (Å²) in [6, 6.07) is -0.915. The molecule has 1 amide bonds. The first-order valence-corrected chi connectivity index (χ1v) is 27.6. The third kappa shape index (κ3) is 27.3. The van der Waals surface area contributed by atoms with Gasteiger partial charge in [0.25, 0.3) is 0 Å². The summed E-state index contributed by atoms with van der Waals surface area (Å²) in [6.07, 6.45) is 29.4. The number of nitrogens with one attached hydrogen (secondary N) is 1. The van der Waals surface area contributed by atoms with Gasteiger partial charge in [0, 0.05) is 6.42 Å². The predicted octanol–water partition coefficient (Wildman–Crippen LogP) is 8.11. The van der Waals surface area contributed by atoms with Crippen molar-refractivity contribution in [1.29, 1.82) is 0 Å². The quantitative estimate of drug-likeness (QED) is 0.0208. The highest BCUT2D eigenvalue weighted by molar-refractivity contribution is 5.76. The maximum absolute atomic E-state index is 13.1. The van der Waals surface area contributed by atoms with Crippen LogP contribution in [0.5, 0.6) is 0 Å². The molecule has 0 aliphatic carbocycles. The molecule has 2 aliphatic rings. The summed E-state index contributed by atoms with van der Waals surface area (Å²) < 4.78 is 22.7. The number of unbranched alkanes of at least 4 members (excludes halogenated alkanes) is 28. The second-order valence-corrected chi connectivity index (χ2v) is 19.7. The van der Waals surface area contributed by atoms with E-state index in [1.807, 2.05) is 6.08 Å².